The Kier molecular flexibility index (Phi) is 3.35. The van der Waals surface area contributed by atoms with Gasteiger partial charge in [0.25, 0.3) is 0 Å². The first-order chi connectivity index (χ1) is 7.20. The SMILES string of the molecule is CCC(Nc1ccc(C)cc1Br)C1CC1. The lowest BCUT2D eigenvalue weighted by atomic mass is 10.1. The fourth-order valence-corrected chi connectivity index (χ4v) is 2.60. The van der Waals surface area contributed by atoms with E-state index in [1.54, 1.807) is 0 Å². The maximum atomic E-state index is 3.64. The molecule has 0 heterocycles. The maximum Gasteiger partial charge on any atom is 0.0487 e. The van der Waals surface area contributed by atoms with Crippen LogP contribution in [-0.4, -0.2) is 6.04 Å². The number of anilines is 1. The Balaban J connectivity index is 2.08. The fourth-order valence-electron chi connectivity index (χ4n) is 1.99. The first-order valence-electron chi connectivity index (χ1n) is 5.73. The standard InChI is InChI=1S/C13H18BrN/c1-3-12(10-5-6-10)15-13-7-4-9(2)8-11(13)14/h4,7-8,10,12,15H,3,5-6H2,1-2H3. The van der Waals surface area contributed by atoms with Crippen molar-refractivity contribution in [1.82, 2.24) is 0 Å². The van der Waals surface area contributed by atoms with Crippen LogP contribution in [0.5, 0.6) is 0 Å². The van der Waals surface area contributed by atoms with E-state index in [-0.39, 0.29) is 0 Å². The van der Waals surface area contributed by atoms with Crippen molar-refractivity contribution in [2.45, 2.75) is 39.2 Å². The van der Waals surface area contributed by atoms with Crippen molar-refractivity contribution < 1.29 is 0 Å². The summed E-state index contributed by atoms with van der Waals surface area (Å²) in [5.41, 5.74) is 2.53. The monoisotopic (exact) mass is 267 g/mol. The summed E-state index contributed by atoms with van der Waals surface area (Å²) in [6.45, 7) is 4.38. The Labute approximate surface area is 100 Å². The van der Waals surface area contributed by atoms with Crippen LogP contribution in [0.15, 0.2) is 22.7 Å². The van der Waals surface area contributed by atoms with E-state index in [2.05, 4.69) is 53.3 Å². The molecule has 15 heavy (non-hydrogen) atoms. The van der Waals surface area contributed by atoms with Crippen LogP contribution in [0.4, 0.5) is 5.69 Å². The van der Waals surface area contributed by atoms with Crippen LogP contribution in [0.2, 0.25) is 0 Å². The Hall–Kier alpha value is -0.500. The van der Waals surface area contributed by atoms with Gasteiger partial charge in [0.1, 0.15) is 0 Å². The van der Waals surface area contributed by atoms with Gasteiger partial charge >= 0.3 is 0 Å². The minimum atomic E-state index is 0.656. The van der Waals surface area contributed by atoms with Gasteiger partial charge < -0.3 is 5.32 Å². The molecule has 1 aliphatic rings. The largest absolute Gasteiger partial charge is 0.381 e. The molecule has 0 radical (unpaired) electrons. The number of benzene rings is 1. The molecule has 82 valence electrons. The number of halogens is 1. The van der Waals surface area contributed by atoms with E-state index < -0.39 is 0 Å². The minimum Gasteiger partial charge on any atom is -0.381 e. The first-order valence-corrected chi connectivity index (χ1v) is 6.52. The zero-order chi connectivity index (χ0) is 10.8. The van der Waals surface area contributed by atoms with E-state index in [1.807, 2.05) is 0 Å². The van der Waals surface area contributed by atoms with Gasteiger partial charge in [0.2, 0.25) is 0 Å². The van der Waals surface area contributed by atoms with Gasteiger partial charge in [-0.15, -0.1) is 0 Å². The molecule has 2 heteroatoms. The number of aryl methyl sites for hydroxylation is 1. The molecule has 0 spiro atoms. The van der Waals surface area contributed by atoms with Crippen molar-refractivity contribution in [1.29, 1.82) is 0 Å². The molecule has 0 amide bonds. The van der Waals surface area contributed by atoms with Crippen molar-refractivity contribution in [2.75, 3.05) is 5.32 Å². The van der Waals surface area contributed by atoms with Crippen molar-refractivity contribution in [3.8, 4) is 0 Å². The van der Waals surface area contributed by atoms with E-state index in [0.29, 0.717) is 6.04 Å². The summed E-state index contributed by atoms with van der Waals surface area (Å²) in [5.74, 6) is 0.906. The molecule has 0 aliphatic heterocycles. The van der Waals surface area contributed by atoms with Gasteiger partial charge in [0.05, 0.1) is 0 Å². The first kappa shape index (κ1) is 11.0. The highest BCUT2D eigenvalue weighted by molar-refractivity contribution is 9.10. The lowest BCUT2D eigenvalue weighted by Gasteiger charge is -2.18. The predicted molar refractivity (Wildman–Crippen MR) is 69.3 cm³/mol. The van der Waals surface area contributed by atoms with Crippen LogP contribution in [0.25, 0.3) is 0 Å². The van der Waals surface area contributed by atoms with Crippen LogP contribution in [0.3, 0.4) is 0 Å². The zero-order valence-corrected chi connectivity index (χ0v) is 11.0. The summed E-state index contributed by atoms with van der Waals surface area (Å²) in [6, 6.07) is 7.16. The maximum absolute atomic E-state index is 3.64. The molecule has 2 rings (SSSR count). The normalized spacial score (nSPS) is 17.5. The molecule has 1 aromatic carbocycles. The topological polar surface area (TPSA) is 12.0 Å². The van der Waals surface area contributed by atoms with Gasteiger partial charge in [0, 0.05) is 16.2 Å². The van der Waals surface area contributed by atoms with Gasteiger partial charge in [-0.1, -0.05) is 13.0 Å². The van der Waals surface area contributed by atoms with Gasteiger partial charge in [0.15, 0.2) is 0 Å². The van der Waals surface area contributed by atoms with Crippen molar-refractivity contribution in [2.24, 2.45) is 5.92 Å². The van der Waals surface area contributed by atoms with E-state index in [4.69, 9.17) is 0 Å². The van der Waals surface area contributed by atoms with E-state index >= 15 is 0 Å². The molecule has 1 aromatic rings. The lowest BCUT2D eigenvalue weighted by Crippen LogP contribution is -2.20. The fraction of sp³-hybridized carbons (Fsp3) is 0.538. The highest BCUT2D eigenvalue weighted by Gasteiger charge is 2.29. The average Bonchev–Trinajstić information content (AvgIpc) is 3.00. The van der Waals surface area contributed by atoms with Gasteiger partial charge in [-0.2, -0.15) is 0 Å². The van der Waals surface area contributed by atoms with Crippen LogP contribution < -0.4 is 5.32 Å². The molecule has 1 unspecified atom stereocenters. The Morgan fingerprint density at radius 2 is 2.20 bits per heavy atom. The molecular formula is C13H18BrN. The predicted octanol–water partition coefficient (Wildman–Crippen LogP) is 4.36. The van der Waals surface area contributed by atoms with Crippen LogP contribution in [-0.2, 0) is 0 Å². The third-order valence-corrected chi connectivity index (χ3v) is 3.75. The molecule has 1 nitrogen and oxygen atoms in total. The quantitative estimate of drug-likeness (QED) is 0.855. The lowest BCUT2D eigenvalue weighted by molar-refractivity contribution is 0.616. The molecule has 0 aromatic heterocycles. The van der Waals surface area contributed by atoms with Crippen LogP contribution in [0.1, 0.15) is 31.7 Å². The van der Waals surface area contributed by atoms with Gasteiger partial charge in [-0.05, 0) is 65.7 Å². The Bertz CT molecular complexity index is 344. The summed E-state index contributed by atoms with van der Waals surface area (Å²) in [6.07, 6.45) is 4.01. The summed E-state index contributed by atoms with van der Waals surface area (Å²) in [7, 11) is 0. The number of nitrogens with one attached hydrogen (secondary N) is 1. The molecule has 0 bridgehead atoms. The third kappa shape index (κ3) is 2.75. The summed E-state index contributed by atoms with van der Waals surface area (Å²) in [5, 5.41) is 3.64. The second-order valence-corrected chi connectivity index (χ2v) is 5.33. The smallest absolute Gasteiger partial charge is 0.0487 e. The molecule has 1 N–H and O–H groups in total. The number of hydrogen-bond donors (Lipinski definition) is 1. The van der Waals surface area contributed by atoms with E-state index in [9.17, 15) is 0 Å². The zero-order valence-electron chi connectivity index (χ0n) is 9.39. The summed E-state index contributed by atoms with van der Waals surface area (Å²) in [4.78, 5) is 0. The Morgan fingerprint density at radius 3 is 2.73 bits per heavy atom. The summed E-state index contributed by atoms with van der Waals surface area (Å²) >= 11 is 3.61. The number of hydrogen-bond acceptors (Lipinski definition) is 1. The number of rotatable bonds is 4. The third-order valence-electron chi connectivity index (χ3n) is 3.10. The highest BCUT2D eigenvalue weighted by Crippen LogP contribution is 2.36. The molecule has 0 saturated heterocycles. The molecular weight excluding hydrogens is 250 g/mol. The molecule has 1 fully saturated rings. The van der Waals surface area contributed by atoms with Crippen LogP contribution in [0, 0.1) is 12.8 Å². The highest BCUT2D eigenvalue weighted by atomic mass is 79.9. The van der Waals surface area contributed by atoms with E-state index in [0.717, 1.165) is 5.92 Å². The summed E-state index contributed by atoms with van der Waals surface area (Å²) < 4.78 is 1.18. The Morgan fingerprint density at radius 1 is 1.47 bits per heavy atom. The van der Waals surface area contributed by atoms with Crippen molar-refractivity contribution >= 4 is 21.6 Å². The van der Waals surface area contributed by atoms with Gasteiger partial charge in [-0.25, -0.2) is 0 Å². The van der Waals surface area contributed by atoms with Gasteiger partial charge in [-0.3, -0.25) is 0 Å². The van der Waals surface area contributed by atoms with Crippen LogP contribution >= 0.6 is 15.9 Å². The minimum absolute atomic E-state index is 0.656. The van der Waals surface area contributed by atoms with Crippen molar-refractivity contribution in [3.05, 3.63) is 28.2 Å². The molecule has 1 saturated carbocycles. The molecule has 1 atom stereocenters. The van der Waals surface area contributed by atoms with E-state index in [1.165, 1.54) is 35.0 Å². The second-order valence-electron chi connectivity index (χ2n) is 4.48. The second kappa shape index (κ2) is 4.56. The molecule has 1 aliphatic carbocycles. The van der Waals surface area contributed by atoms with Crippen molar-refractivity contribution in [3.63, 3.8) is 0 Å². The average molecular weight is 268 g/mol.